The smallest absolute Gasteiger partial charge is 0.259 e. The molecule has 5 nitrogen and oxygen atoms in total. The van der Waals surface area contributed by atoms with Crippen LogP contribution >= 0.6 is 0 Å². The zero-order chi connectivity index (χ0) is 15.8. The van der Waals surface area contributed by atoms with Gasteiger partial charge in [0, 0.05) is 38.3 Å². The highest BCUT2D eigenvalue weighted by molar-refractivity contribution is 5.95. The third-order valence-corrected chi connectivity index (χ3v) is 3.60. The number of piperazine rings is 1. The number of carbonyl (C=O) groups excluding carboxylic acids is 1. The molecular weight excluding hydrogens is 278 g/mol. The van der Waals surface area contributed by atoms with Gasteiger partial charge in [-0.3, -0.25) is 9.48 Å². The van der Waals surface area contributed by atoms with Crippen molar-refractivity contribution in [2.45, 2.75) is 38.7 Å². The summed E-state index contributed by atoms with van der Waals surface area (Å²) in [6, 6.07) is -1.08. The maximum atomic E-state index is 13.1. The van der Waals surface area contributed by atoms with E-state index in [-0.39, 0.29) is 24.4 Å². The predicted molar refractivity (Wildman–Crippen MR) is 75.6 cm³/mol. The highest BCUT2D eigenvalue weighted by Gasteiger charge is 2.36. The minimum atomic E-state index is -2.56. The van der Waals surface area contributed by atoms with Crippen molar-refractivity contribution in [2.75, 3.05) is 19.6 Å². The van der Waals surface area contributed by atoms with E-state index in [0.29, 0.717) is 17.8 Å². The Bertz CT molecular complexity index is 522. The van der Waals surface area contributed by atoms with Gasteiger partial charge in [0.2, 0.25) is 0 Å². The van der Waals surface area contributed by atoms with Crippen molar-refractivity contribution in [2.24, 2.45) is 7.05 Å². The maximum absolute atomic E-state index is 13.1. The lowest BCUT2D eigenvalue weighted by Gasteiger charge is -2.36. The van der Waals surface area contributed by atoms with E-state index in [1.807, 2.05) is 20.8 Å². The lowest BCUT2D eigenvalue weighted by Crippen LogP contribution is -2.56. The van der Waals surface area contributed by atoms with Gasteiger partial charge >= 0.3 is 0 Å². The van der Waals surface area contributed by atoms with Crippen LogP contribution in [0.2, 0.25) is 0 Å². The van der Waals surface area contributed by atoms with E-state index < -0.39 is 12.5 Å². The van der Waals surface area contributed by atoms with E-state index in [2.05, 4.69) is 10.4 Å². The zero-order valence-corrected chi connectivity index (χ0v) is 12.9. The molecule has 1 unspecified atom stereocenters. The van der Waals surface area contributed by atoms with Crippen molar-refractivity contribution >= 4 is 5.91 Å². The molecule has 2 rings (SSSR count). The molecule has 0 aliphatic carbocycles. The Kier molecular flexibility index (Phi) is 4.32. The second kappa shape index (κ2) is 5.71. The van der Waals surface area contributed by atoms with E-state index in [1.165, 1.54) is 4.90 Å². The number of aromatic nitrogens is 2. The van der Waals surface area contributed by atoms with Gasteiger partial charge in [0.1, 0.15) is 6.04 Å². The number of rotatable bonds is 2. The number of amides is 1. The Morgan fingerprint density at radius 2 is 2.14 bits per heavy atom. The summed E-state index contributed by atoms with van der Waals surface area (Å²) in [4.78, 5) is 14.0. The van der Waals surface area contributed by atoms with Crippen molar-refractivity contribution in [1.29, 1.82) is 0 Å². The molecule has 118 valence electrons. The number of hydrogen-bond acceptors (Lipinski definition) is 3. The van der Waals surface area contributed by atoms with Crippen molar-refractivity contribution < 1.29 is 13.6 Å². The molecule has 0 saturated carbocycles. The van der Waals surface area contributed by atoms with Crippen LogP contribution in [-0.2, 0) is 12.5 Å². The van der Waals surface area contributed by atoms with E-state index in [9.17, 15) is 13.6 Å². The number of nitrogens with zero attached hydrogens (tertiary/aromatic N) is 3. The molecule has 0 spiro atoms. The Balaban J connectivity index is 2.35. The Morgan fingerprint density at radius 3 is 2.71 bits per heavy atom. The monoisotopic (exact) mass is 300 g/mol. The average molecular weight is 300 g/mol. The third kappa shape index (κ3) is 3.23. The van der Waals surface area contributed by atoms with Crippen molar-refractivity contribution in [3.63, 3.8) is 0 Å². The molecule has 1 amide bonds. The molecule has 0 aromatic carbocycles. The molecule has 2 heterocycles. The summed E-state index contributed by atoms with van der Waals surface area (Å²) in [5, 5.41) is 7.24. The summed E-state index contributed by atoms with van der Waals surface area (Å²) in [7, 11) is 1.73. The molecule has 21 heavy (non-hydrogen) atoms. The summed E-state index contributed by atoms with van der Waals surface area (Å²) in [6.07, 6.45) is -0.940. The van der Waals surface area contributed by atoms with Gasteiger partial charge in [-0.1, -0.05) is 20.8 Å². The largest absolute Gasteiger partial charge is 0.327 e. The van der Waals surface area contributed by atoms with Gasteiger partial charge in [0.25, 0.3) is 12.3 Å². The second-order valence-electron chi connectivity index (χ2n) is 6.42. The van der Waals surface area contributed by atoms with Gasteiger partial charge in [0.05, 0.1) is 11.3 Å². The highest BCUT2D eigenvalue weighted by Crippen LogP contribution is 2.26. The summed E-state index contributed by atoms with van der Waals surface area (Å²) in [5.74, 6) is -0.361. The van der Waals surface area contributed by atoms with E-state index >= 15 is 0 Å². The van der Waals surface area contributed by atoms with Crippen LogP contribution in [0.15, 0.2) is 6.20 Å². The Morgan fingerprint density at radius 1 is 1.48 bits per heavy atom. The molecule has 1 saturated heterocycles. The van der Waals surface area contributed by atoms with Crippen molar-refractivity contribution in [3.8, 4) is 0 Å². The number of carbonyl (C=O) groups is 1. The van der Waals surface area contributed by atoms with E-state index in [0.717, 1.165) is 0 Å². The molecule has 1 aromatic rings. The van der Waals surface area contributed by atoms with Crippen LogP contribution in [0.1, 0.15) is 36.8 Å². The van der Waals surface area contributed by atoms with E-state index in [1.54, 1.807) is 17.9 Å². The van der Waals surface area contributed by atoms with Crippen LogP contribution in [0.4, 0.5) is 8.78 Å². The maximum Gasteiger partial charge on any atom is 0.259 e. The number of nitrogens with one attached hydrogen (secondary N) is 1. The summed E-state index contributed by atoms with van der Waals surface area (Å²) in [6.45, 7) is 6.79. The van der Waals surface area contributed by atoms with Crippen LogP contribution in [0.25, 0.3) is 0 Å². The standard InChI is InChI=1S/C14H22F2N4O/c1-14(2,3)11-9(8-19(4)18-11)13(21)20-6-5-17-7-10(20)12(15)16/h8,10,12,17H,5-7H2,1-4H3. The van der Waals surface area contributed by atoms with Crippen molar-refractivity contribution in [3.05, 3.63) is 17.5 Å². The average Bonchev–Trinajstić information content (AvgIpc) is 2.80. The van der Waals surface area contributed by atoms with Crippen LogP contribution < -0.4 is 5.32 Å². The molecule has 1 fully saturated rings. The van der Waals surface area contributed by atoms with Gasteiger partial charge in [-0.05, 0) is 0 Å². The quantitative estimate of drug-likeness (QED) is 0.898. The van der Waals surface area contributed by atoms with E-state index in [4.69, 9.17) is 0 Å². The molecule has 1 N–H and O–H groups in total. The minimum absolute atomic E-state index is 0.120. The van der Waals surface area contributed by atoms with Crippen LogP contribution in [0.3, 0.4) is 0 Å². The molecule has 1 atom stereocenters. The first-order valence-corrected chi connectivity index (χ1v) is 7.05. The van der Waals surface area contributed by atoms with Gasteiger partial charge in [-0.15, -0.1) is 0 Å². The summed E-state index contributed by atoms with van der Waals surface area (Å²) >= 11 is 0. The number of halogens is 2. The first kappa shape index (κ1) is 15.9. The number of aryl methyl sites for hydroxylation is 1. The molecule has 1 aliphatic rings. The van der Waals surface area contributed by atoms with Gasteiger partial charge in [-0.25, -0.2) is 8.78 Å². The molecule has 7 heteroatoms. The third-order valence-electron chi connectivity index (χ3n) is 3.60. The van der Waals surface area contributed by atoms with Crippen LogP contribution in [0, 0.1) is 0 Å². The lowest BCUT2D eigenvalue weighted by molar-refractivity contribution is 0.0125. The predicted octanol–water partition coefficient (Wildman–Crippen LogP) is 1.40. The topological polar surface area (TPSA) is 50.2 Å². The normalized spacial score (nSPS) is 20.1. The summed E-state index contributed by atoms with van der Waals surface area (Å²) in [5.41, 5.74) is 0.736. The Hall–Kier alpha value is -1.50. The van der Waals surface area contributed by atoms with Gasteiger partial charge < -0.3 is 10.2 Å². The summed E-state index contributed by atoms with van der Waals surface area (Å²) < 4.78 is 27.8. The zero-order valence-electron chi connectivity index (χ0n) is 12.9. The fraction of sp³-hybridized carbons (Fsp3) is 0.714. The van der Waals surface area contributed by atoms with Gasteiger partial charge in [-0.2, -0.15) is 5.10 Å². The minimum Gasteiger partial charge on any atom is -0.327 e. The molecule has 0 radical (unpaired) electrons. The molecule has 0 bridgehead atoms. The fourth-order valence-electron chi connectivity index (χ4n) is 2.56. The second-order valence-corrected chi connectivity index (χ2v) is 6.42. The number of hydrogen-bond donors (Lipinski definition) is 1. The molecular formula is C14H22F2N4O. The van der Waals surface area contributed by atoms with Gasteiger partial charge in [0.15, 0.2) is 0 Å². The Labute approximate surface area is 123 Å². The fourth-order valence-corrected chi connectivity index (χ4v) is 2.56. The first-order chi connectivity index (χ1) is 9.71. The highest BCUT2D eigenvalue weighted by atomic mass is 19.3. The lowest BCUT2D eigenvalue weighted by atomic mass is 9.89. The van der Waals surface area contributed by atoms with Crippen LogP contribution in [0.5, 0.6) is 0 Å². The van der Waals surface area contributed by atoms with Crippen LogP contribution in [-0.4, -0.2) is 52.7 Å². The molecule has 1 aromatic heterocycles. The number of alkyl halides is 2. The van der Waals surface area contributed by atoms with Crippen molar-refractivity contribution in [1.82, 2.24) is 20.0 Å². The first-order valence-electron chi connectivity index (χ1n) is 7.05. The molecule has 1 aliphatic heterocycles. The SMILES string of the molecule is Cn1cc(C(=O)N2CCNCC2C(F)F)c(C(C)(C)C)n1.